The van der Waals surface area contributed by atoms with Crippen molar-refractivity contribution >= 4 is 17.2 Å². The van der Waals surface area contributed by atoms with Crippen molar-refractivity contribution in [3.8, 4) is 0 Å². The van der Waals surface area contributed by atoms with Crippen LogP contribution in [-0.4, -0.2) is 23.8 Å². The molecule has 96 valence electrons. The summed E-state index contributed by atoms with van der Waals surface area (Å²) in [7, 11) is 1.91. The lowest BCUT2D eigenvalue weighted by molar-refractivity contribution is 0.749. The third kappa shape index (κ3) is 3.27. The highest BCUT2D eigenvalue weighted by Gasteiger charge is 2.08. The minimum atomic E-state index is 0.754. The molecule has 0 saturated carbocycles. The maximum Gasteiger partial charge on any atom is 0.151 e. The molecule has 4 nitrogen and oxygen atoms in total. The first-order valence-corrected chi connectivity index (χ1v) is 6.96. The van der Waals surface area contributed by atoms with Crippen molar-refractivity contribution in [2.24, 2.45) is 0 Å². The standard InChI is InChI=1S/C13H18N4S/c1-3-17(10-12-5-4-8-18-12)13-7-6-11(9-14-2)15-16-13/h4-8,14H,3,9-10H2,1-2H3. The van der Waals surface area contributed by atoms with E-state index in [4.69, 9.17) is 0 Å². The van der Waals surface area contributed by atoms with Gasteiger partial charge < -0.3 is 10.2 Å². The van der Waals surface area contributed by atoms with Gasteiger partial charge in [0.2, 0.25) is 0 Å². The van der Waals surface area contributed by atoms with Crippen molar-refractivity contribution in [1.82, 2.24) is 15.5 Å². The van der Waals surface area contributed by atoms with Crippen LogP contribution < -0.4 is 10.2 Å². The molecule has 18 heavy (non-hydrogen) atoms. The van der Waals surface area contributed by atoms with Crippen molar-refractivity contribution in [3.05, 3.63) is 40.2 Å². The summed E-state index contributed by atoms with van der Waals surface area (Å²) in [5.74, 6) is 0.936. The van der Waals surface area contributed by atoms with E-state index in [1.807, 2.05) is 19.2 Å². The van der Waals surface area contributed by atoms with Crippen molar-refractivity contribution in [3.63, 3.8) is 0 Å². The third-order valence-electron chi connectivity index (χ3n) is 2.70. The number of thiophene rings is 1. The smallest absolute Gasteiger partial charge is 0.151 e. The van der Waals surface area contributed by atoms with Crippen molar-refractivity contribution in [1.29, 1.82) is 0 Å². The average Bonchev–Trinajstić information content (AvgIpc) is 2.90. The Morgan fingerprint density at radius 3 is 2.72 bits per heavy atom. The van der Waals surface area contributed by atoms with Gasteiger partial charge in [0, 0.05) is 18.0 Å². The Kier molecular flexibility index (Phi) is 4.66. The Labute approximate surface area is 112 Å². The van der Waals surface area contributed by atoms with E-state index in [1.165, 1.54) is 4.88 Å². The highest BCUT2D eigenvalue weighted by atomic mass is 32.1. The number of rotatable bonds is 6. The van der Waals surface area contributed by atoms with Gasteiger partial charge in [0.1, 0.15) is 0 Å². The highest BCUT2D eigenvalue weighted by molar-refractivity contribution is 7.09. The summed E-state index contributed by atoms with van der Waals surface area (Å²) in [4.78, 5) is 3.57. The van der Waals surface area contributed by atoms with E-state index >= 15 is 0 Å². The molecule has 0 fully saturated rings. The van der Waals surface area contributed by atoms with E-state index in [-0.39, 0.29) is 0 Å². The van der Waals surface area contributed by atoms with Crippen LogP contribution in [0.5, 0.6) is 0 Å². The molecule has 0 aliphatic carbocycles. The van der Waals surface area contributed by atoms with Crippen LogP contribution in [0.3, 0.4) is 0 Å². The zero-order valence-electron chi connectivity index (χ0n) is 10.8. The summed E-state index contributed by atoms with van der Waals surface area (Å²) >= 11 is 1.77. The molecule has 0 bridgehead atoms. The average molecular weight is 262 g/mol. The fourth-order valence-electron chi connectivity index (χ4n) is 1.74. The summed E-state index contributed by atoms with van der Waals surface area (Å²) in [5, 5.41) is 13.7. The molecule has 0 aliphatic rings. The lowest BCUT2D eigenvalue weighted by atomic mass is 10.3. The Balaban J connectivity index is 2.07. The Morgan fingerprint density at radius 2 is 2.17 bits per heavy atom. The first-order chi connectivity index (χ1) is 8.83. The summed E-state index contributed by atoms with van der Waals surface area (Å²) in [6.45, 7) is 4.72. The van der Waals surface area contributed by atoms with Crippen LogP contribution >= 0.6 is 11.3 Å². The molecule has 0 saturated heterocycles. The van der Waals surface area contributed by atoms with Crippen molar-refractivity contribution in [2.75, 3.05) is 18.5 Å². The van der Waals surface area contributed by atoms with Gasteiger partial charge in [0.25, 0.3) is 0 Å². The molecule has 1 N–H and O–H groups in total. The fraction of sp³-hybridized carbons (Fsp3) is 0.385. The van der Waals surface area contributed by atoms with E-state index in [0.717, 1.165) is 31.1 Å². The van der Waals surface area contributed by atoms with E-state index in [2.05, 4.69) is 44.9 Å². The third-order valence-corrected chi connectivity index (χ3v) is 3.56. The number of nitrogens with one attached hydrogen (secondary N) is 1. The normalized spacial score (nSPS) is 10.6. The number of hydrogen-bond donors (Lipinski definition) is 1. The largest absolute Gasteiger partial charge is 0.350 e. The lowest BCUT2D eigenvalue weighted by Gasteiger charge is -2.20. The van der Waals surface area contributed by atoms with Gasteiger partial charge >= 0.3 is 0 Å². The maximum absolute atomic E-state index is 4.29. The van der Waals surface area contributed by atoms with Crippen LogP contribution in [0, 0.1) is 0 Å². The molecule has 5 heteroatoms. The second kappa shape index (κ2) is 6.47. The van der Waals surface area contributed by atoms with Gasteiger partial charge in [-0.15, -0.1) is 16.4 Å². The molecule has 2 heterocycles. The van der Waals surface area contributed by atoms with Crippen LogP contribution in [0.4, 0.5) is 5.82 Å². The molecule has 0 spiro atoms. The molecule has 0 unspecified atom stereocenters. The minimum absolute atomic E-state index is 0.754. The second-order valence-electron chi connectivity index (χ2n) is 4.01. The monoisotopic (exact) mass is 262 g/mol. The molecular formula is C13H18N4S. The van der Waals surface area contributed by atoms with Crippen LogP contribution in [0.25, 0.3) is 0 Å². The predicted octanol–water partition coefficient (Wildman–Crippen LogP) is 2.28. The van der Waals surface area contributed by atoms with Crippen LogP contribution in [0.1, 0.15) is 17.5 Å². The Bertz CT molecular complexity index is 452. The van der Waals surface area contributed by atoms with E-state index < -0.39 is 0 Å². The number of aromatic nitrogens is 2. The second-order valence-corrected chi connectivity index (χ2v) is 5.04. The van der Waals surface area contributed by atoms with Crippen LogP contribution in [-0.2, 0) is 13.1 Å². The van der Waals surface area contributed by atoms with Crippen LogP contribution in [0.15, 0.2) is 29.6 Å². The van der Waals surface area contributed by atoms with Gasteiger partial charge in [-0.05, 0) is 37.6 Å². The molecule has 2 rings (SSSR count). The molecular weight excluding hydrogens is 244 g/mol. The minimum Gasteiger partial charge on any atom is -0.350 e. The topological polar surface area (TPSA) is 41.0 Å². The predicted molar refractivity (Wildman–Crippen MR) is 75.8 cm³/mol. The first-order valence-electron chi connectivity index (χ1n) is 6.08. The van der Waals surface area contributed by atoms with Gasteiger partial charge in [0.15, 0.2) is 5.82 Å². The van der Waals surface area contributed by atoms with Gasteiger partial charge in [-0.3, -0.25) is 0 Å². The molecule has 0 radical (unpaired) electrons. The molecule has 2 aromatic rings. The molecule has 0 amide bonds. The number of nitrogens with zero attached hydrogens (tertiary/aromatic N) is 3. The zero-order valence-corrected chi connectivity index (χ0v) is 11.6. The molecule has 0 aromatic carbocycles. The summed E-state index contributed by atoms with van der Waals surface area (Å²) in [6, 6.07) is 8.29. The van der Waals surface area contributed by atoms with E-state index in [1.54, 1.807) is 11.3 Å². The maximum atomic E-state index is 4.29. The van der Waals surface area contributed by atoms with E-state index in [0.29, 0.717) is 0 Å². The quantitative estimate of drug-likeness (QED) is 0.867. The molecule has 0 atom stereocenters. The van der Waals surface area contributed by atoms with Gasteiger partial charge in [-0.2, -0.15) is 5.10 Å². The van der Waals surface area contributed by atoms with Gasteiger partial charge in [0.05, 0.1) is 12.2 Å². The van der Waals surface area contributed by atoms with Gasteiger partial charge in [-0.25, -0.2) is 0 Å². The SMILES string of the molecule is CCN(Cc1cccs1)c1ccc(CNC)nn1. The van der Waals surface area contributed by atoms with Crippen molar-refractivity contribution < 1.29 is 0 Å². The molecule has 0 aliphatic heterocycles. The summed E-state index contributed by atoms with van der Waals surface area (Å²) < 4.78 is 0. The summed E-state index contributed by atoms with van der Waals surface area (Å²) in [5.41, 5.74) is 0.966. The lowest BCUT2D eigenvalue weighted by Crippen LogP contribution is -2.23. The molecule has 2 aromatic heterocycles. The van der Waals surface area contributed by atoms with Crippen molar-refractivity contribution in [2.45, 2.75) is 20.0 Å². The number of hydrogen-bond acceptors (Lipinski definition) is 5. The Morgan fingerprint density at radius 1 is 1.28 bits per heavy atom. The first kappa shape index (κ1) is 13.0. The van der Waals surface area contributed by atoms with Crippen LogP contribution in [0.2, 0.25) is 0 Å². The van der Waals surface area contributed by atoms with Gasteiger partial charge in [-0.1, -0.05) is 6.07 Å². The fourth-order valence-corrected chi connectivity index (χ4v) is 2.46. The van der Waals surface area contributed by atoms with E-state index in [9.17, 15) is 0 Å². The highest BCUT2D eigenvalue weighted by Crippen LogP contribution is 2.16. The zero-order chi connectivity index (χ0) is 12.8. The number of anilines is 1. The summed E-state index contributed by atoms with van der Waals surface area (Å²) in [6.07, 6.45) is 0. The Hall–Kier alpha value is -1.46.